The van der Waals surface area contributed by atoms with E-state index in [2.05, 4.69) is 27.1 Å². The van der Waals surface area contributed by atoms with Gasteiger partial charge >= 0.3 is 0 Å². The number of rotatable bonds is 2. The van der Waals surface area contributed by atoms with Crippen molar-refractivity contribution in [3.63, 3.8) is 0 Å². The number of nitrogens with zero attached hydrogens (tertiary/aromatic N) is 5. The first kappa shape index (κ1) is 14.9. The van der Waals surface area contributed by atoms with Gasteiger partial charge in [-0.25, -0.2) is 4.98 Å². The number of aromatic amines is 1. The maximum atomic E-state index is 12.9. The number of imidazole rings is 1. The number of hydrogen-bond acceptors (Lipinski definition) is 4. The first-order valence-corrected chi connectivity index (χ1v) is 8.03. The van der Waals surface area contributed by atoms with Crippen LogP contribution < -0.4 is 0 Å². The van der Waals surface area contributed by atoms with Gasteiger partial charge in [0.25, 0.3) is 5.91 Å². The molecule has 1 N–H and O–H groups in total. The molecular weight excluding hydrogens is 304 g/mol. The number of likely N-dealkylation sites (N-methyl/N-ethyl adjacent to an activating group) is 1. The van der Waals surface area contributed by atoms with Crippen LogP contribution in [0.1, 0.15) is 22.2 Å². The molecule has 3 aromatic rings. The number of fused-ring (bicyclic) bond motifs is 1. The van der Waals surface area contributed by atoms with E-state index in [0.717, 1.165) is 29.8 Å². The van der Waals surface area contributed by atoms with E-state index in [1.807, 2.05) is 40.9 Å². The second kappa shape index (κ2) is 5.76. The molecule has 1 fully saturated rings. The number of amides is 1. The van der Waals surface area contributed by atoms with Crippen LogP contribution in [-0.4, -0.2) is 62.1 Å². The molecule has 0 radical (unpaired) electrons. The Morgan fingerprint density at radius 1 is 1.29 bits per heavy atom. The van der Waals surface area contributed by atoms with Crippen LogP contribution in [0.15, 0.2) is 36.8 Å². The summed E-state index contributed by atoms with van der Waals surface area (Å²) in [5.41, 5.74) is 1.64. The van der Waals surface area contributed by atoms with Crippen LogP contribution in [0.2, 0.25) is 0 Å². The van der Waals surface area contributed by atoms with E-state index < -0.39 is 0 Å². The van der Waals surface area contributed by atoms with Gasteiger partial charge in [-0.1, -0.05) is 0 Å². The van der Waals surface area contributed by atoms with Crippen LogP contribution in [0.3, 0.4) is 0 Å². The summed E-state index contributed by atoms with van der Waals surface area (Å²) in [6.07, 6.45) is 5.49. The monoisotopic (exact) mass is 324 g/mol. The van der Waals surface area contributed by atoms with Crippen LogP contribution in [0.5, 0.6) is 0 Å². The van der Waals surface area contributed by atoms with Crippen molar-refractivity contribution < 1.29 is 4.79 Å². The molecule has 0 bridgehead atoms. The number of carbonyl (C=O) groups excluding carboxylic acids is 1. The van der Waals surface area contributed by atoms with Crippen LogP contribution in [0, 0.1) is 0 Å². The molecule has 1 aromatic carbocycles. The summed E-state index contributed by atoms with van der Waals surface area (Å²) in [5.74, 6) is 1.05. The van der Waals surface area contributed by atoms with Crippen molar-refractivity contribution in [1.29, 1.82) is 0 Å². The zero-order valence-electron chi connectivity index (χ0n) is 13.8. The highest BCUT2D eigenvalue weighted by atomic mass is 16.2. The number of aromatic nitrogens is 4. The molecule has 0 spiro atoms. The second-order valence-electron chi connectivity index (χ2n) is 6.32. The van der Waals surface area contributed by atoms with E-state index in [-0.39, 0.29) is 11.9 Å². The minimum absolute atomic E-state index is 0.0606. The lowest BCUT2D eigenvalue weighted by Crippen LogP contribution is -2.49. The van der Waals surface area contributed by atoms with Gasteiger partial charge in [-0.05, 0) is 25.2 Å². The fraction of sp³-hybridized carbons (Fsp3) is 0.353. The third-order valence-electron chi connectivity index (χ3n) is 4.78. The average Bonchev–Trinajstić information content (AvgIpc) is 3.22. The maximum Gasteiger partial charge on any atom is 0.253 e. The molecule has 3 heterocycles. The van der Waals surface area contributed by atoms with Gasteiger partial charge < -0.3 is 9.47 Å². The minimum Gasteiger partial charge on any atom is -0.337 e. The van der Waals surface area contributed by atoms with Crippen LogP contribution >= 0.6 is 0 Å². The van der Waals surface area contributed by atoms with Gasteiger partial charge in [0, 0.05) is 50.0 Å². The molecule has 124 valence electrons. The van der Waals surface area contributed by atoms with Crippen molar-refractivity contribution in [3.05, 3.63) is 48.2 Å². The summed E-state index contributed by atoms with van der Waals surface area (Å²) in [5, 5.41) is 7.88. The van der Waals surface area contributed by atoms with E-state index in [4.69, 9.17) is 0 Å². The Labute approximate surface area is 139 Å². The zero-order chi connectivity index (χ0) is 16.7. The van der Waals surface area contributed by atoms with Gasteiger partial charge in [0.05, 0.1) is 17.8 Å². The number of hydrogen-bond donors (Lipinski definition) is 1. The molecule has 4 rings (SSSR count). The van der Waals surface area contributed by atoms with Crippen molar-refractivity contribution in [2.75, 3.05) is 26.7 Å². The Hall–Kier alpha value is -2.67. The average molecular weight is 324 g/mol. The number of piperazine rings is 1. The van der Waals surface area contributed by atoms with E-state index >= 15 is 0 Å². The molecule has 1 aliphatic heterocycles. The highest BCUT2D eigenvalue weighted by molar-refractivity contribution is 5.98. The van der Waals surface area contributed by atoms with Crippen molar-refractivity contribution in [3.8, 4) is 0 Å². The van der Waals surface area contributed by atoms with Crippen molar-refractivity contribution in [2.24, 2.45) is 7.05 Å². The molecule has 24 heavy (non-hydrogen) atoms. The molecular formula is C17H20N6O. The lowest BCUT2D eigenvalue weighted by atomic mass is 10.1. The van der Waals surface area contributed by atoms with Crippen LogP contribution in [-0.2, 0) is 7.05 Å². The first-order chi connectivity index (χ1) is 11.6. The molecule has 7 heteroatoms. The third kappa shape index (κ3) is 2.46. The number of benzene rings is 1. The van der Waals surface area contributed by atoms with E-state index in [9.17, 15) is 4.79 Å². The molecule has 7 nitrogen and oxygen atoms in total. The fourth-order valence-corrected chi connectivity index (χ4v) is 3.29. The van der Waals surface area contributed by atoms with Gasteiger partial charge in [-0.15, -0.1) is 0 Å². The Balaban J connectivity index is 1.59. The largest absolute Gasteiger partial charge is 0.337 e. The second-order valence-corrected chi connectivity index (χ2v) is 6.32. The van der Waals surface area contributed by atoms with Crippen molar-refractivity contribution in [1.82, 2.24) is 29.5 Å². The fourth-order valence-electron chi connectivity index (χ4n) is 3.29. The summed E-state index contributed by atoms with van der Waals surface area (Å²) in [6, 6.07) is 5.77. The van der Waals surface area contributed by atoms with Gasteiger partial charge in [0.15, 0.2) is 0 Å². The SMILES string of the molecule is CN1CCN(C(=O)c2ccc3[nH]ncc3c2)CC1c1nccn1C. The highest BCUT2D eigenvalue weighted by Crippen LogP contribution is 2.24. The Kier molecular flexibility index (Phi) is 3.57. The van der Waals surface area contributed by atoms with E-state index in [0.29, 0.717) is 12.1 Å². The summed E-state index contributed by atoms with van der Waals surface area (Å²) >= 11 is 0. The van der Waals surface area contributed by atoms with E-state index in [1.165, 1.54) is 0 Å². The molecule has 1 saturated heterocycles. The third-order valence-corrected chi connectivity index (χ3v) is 4.78. The molecule has 0 aliphatic carbocycles. The first-order valence-electron chi connectivity index (χ1n) is 8.03. The zero-order valence-corrected chi connectivity index (χ0v) is 13.8. The van der Waals surface area contributed by atoms with Gasteiger partial charge in [-0.3, -0.25) is 14.8 Å². The standard InChI is InChI=1S/C17H20N6O/c1-21-7-8-23(11-15(21)16-18-5-6-22(16)2)17(24)12-3-4-14-13(9-12)10-19-20-14/h3-6,9-10,15H,7-8,11H2,1-2H3,(H,19,20). The van der Waals surface area contributed by atoms with Gasteiger partial charge in [0.2, 0.25) is 0 Å². The lowest BCUT2D eigenvalue weighted by molar-refractivity contribution is 0.0529. The molecule has 2 aromatic heterocycles. The van der Waals surface area contributed by atoms with Crippen molar-refractivity contribution in [2.45, 2.75) is 6.04 Å². The Morgan fingerprint density at radius 3 is 2.96 bits per heavy atom. The summed E-state index contributed by atoms with van der Waals surface area (Å²) in [7, 11) is 4.07. The highest BCUT2D eigenvalue weighted by Gasteiger charge is 2.31. The van der Waals surface area contributed by atoms with Crippen LogP contribution in [0.25, 0.3) is 10.9 Å². The van der Waals surface area contributed by atoms with Gasteiger partial charge in [0.1, 0.15) is 5.82 Å². The molecule has 0 saturated carbocycles. The van der Waals surface area contributed by atoms with Gasteiger partial charge in [-0.2, -0.15) is 5.10 Å². The quantitative estimate of drug-likeness (QED) is 0.774. The smallest absolute Gasteiger partial charge is 0.253 e. The van der Waals surface area contributed by atoms with Crippen LogP contribution in [0.4, 0.5) is 0 Å². The summed E-state index contributed by atoms with van der Waals surface area (Å²) < 4.78 is 2.02. The molecule has 1 unspecified atom stereocenters. The van der Waals surface area contributed by atoms with Crippen molar-refractivity contribution >= 4 is 16.8 Å². The number of nitrogens with one attached hydrogen (secondary N) is 1. The number of carbonyl (C=O) groups is 1. The number of aryl methyl sites for hydroxylation is 1. The lowest BCUT2D eigenvalue weighted by Gasteiger charge is -2.39. The minimum atomic E-state index is 0.0606. The number of H-pyrrole nitrogens is 1. The maximum absolute atomic E-state index is 12.9. The molecule has 1 aliphatic rings. The predicted molar refractivity (Wildman–Crippen MR) is 90.6 cm³/mol. The predicted octanol–water partition coefficient (Wildman–Crippen LogP) is 1.43. The van der Waals surface area contributed by atoms with E-state index in [1.54, 1.807) is 12.4 Å². The normalized spacial score (nSPS) is 19.1. The Bertz CT molecular complexity index is 882. The Morgan fingerprint density at radius 2 is 2.17 bits per heavy atom. The summed E-state index contributed by atoms with van der Waals surface area (Å²) in [4.78, 5) is 21.6. The molecule has 1 amide bonds. The summed E-state index contributed by atoms with van der Waals surface area (Å²) in [6.45, 7) is 2.19. The molecule has 1 atom stereocenters. The topological polar surface area (TPSA) is 70.1 Å².